The Balaban J connectivity index is 2.47. The van der Waals surface area contributed by atoms with Crippen LogP contribution in [0.4, 0.5) is 0 Å². The fourth-order valence-electron chi connectivity index (χ4n) is 1.48. The Morgan fingerprint density at radius 3 is 2.87 bits per heavy atom. The molecular formula is C10H18N2O3. The number of likely N-dealkylation sites (N-methyl/N-ethyl adjacent to an activating group) is 1. The maximum atomic E-state index is 11.6. The van der Waals surface area contributed by atoms with Crippen LogP contribution in [-0.4, -0.2) is 61.5 Å². The predicted molar refractivity (Wildman–Crippen MR) is 55.3 cm³/mol. The quantitative estimate of drug-likeness (QED) is 0.649. The number of nitrogens with zero attached hydrogens (tertiary/aromatic N) is 2. The lowest BCUT2D eigenvalue weighted by Crippen LogP contribution is -2.39. The SMILES string of the molecule is CCOCC(=O)N1CCCN(C)C(=O)C1. The summed E-state index contributed by atoms with van der Waals surface area (Å²) >= 11 is 0. The molecule has 1 rings (SSSR count). The van der Waals surface area contributed by atoms with E-state index in [2.05, 4.69) is 0 Å². The zero-order valence-electron chi connectivity index (χ0n) is 9.36. The zero-order valence-corrected chi connectivity index (χ0v) is 9.36. The first kappa shape index (κ1) is 12.0. The van der Waals surface area contributed by atoms with Gasteiger partial charge in [-0.05, 0) is 13.3 Å². The Morgan fingerprint density at radius 2 is 2.20 bits per heavy atom. The minimum absolute atomic E-state index is 0.00246. The topological polar surface area (TPSA) is 49.9 Å². The highest BCUT2D eigenvalue weighted by molar-refractivity contribution is 5.85. The molecule has 0 bridgehead atoms. The van der Waals surface area contributed by atoms with Crippen molar-refractivity contribution < 1.29 is 14.3 Å². The van der Waals surface area contributed by atoms with Crippen molar-refractivity contribution in [1.82, 2.24) is 9.80 Å². The molecule has 5 heteroatoms. The monoisotopic (exact) mass is 214 g/mol. The molecule has 0 atom stereocenters. The normalized spacial score (nSPS) is 17.9. The van der Waals surface area contributed by atoms with Crippen molar-refractivity contribution in [3.63, 3.8) is 0 Å². The Kier molecular flexibility index (Phi) is 4.55. The number of rotatable bonds is 3. The second-order valence-corrected chi connectivity index (χ2v) is 3.62. The van der Waals surface area contributed by atoms with Crippen molar-refractivity contribution in [2.75, 3.05) is 39.9 Å². The molecule has 0 aromatic carbocycles. The lowest BCUT2D eigenvalue weighted by Gasteiger charge is -2.19. The lowest BCUT2D eigenvalue weighted by atomic mass is 10.4. The third kappa shape index (κ3) is 3.51. The highest BCUT2D eigenvalue weighted by Crippen LogP contribution is 2.02. The molecule has 0 N–H and O–H groups in total. The van der Waals surface area contributed by atoms with E-state index in [-0.39, 0.29) is 25.0 Å². The van der Waals surface area contributed by atoms with Gasteiger partial charge in [-0.3, -0.25) is 9.59 Å². The van der Waals surface area contributed by atoms with Gasteiger partial charge in [0, 0.05) is 26.7 Å². The van der Waals surface area contributed by atoms with Crippen molar-refractivity contribution >= 4 is 11.8 Å². The van der Waals surface area contributed by atoms with E-state index < -0.39 is 0 Å². The Morgan fingerprint density at radius 1 is 1.47 bits per heavy atom. The second kappa shape index (κ2) is 5.70. The summed E-state index contributed by atoms with van der Waals surface area (Å²) < 4.78 is 5.04. The first-order valence-electron chi connectivity index (χ1n) is 5.24. The molecule has 1 saturated heterocycles. The molecule has 5 nitrogen and oxygen atoms in total. The fourth-order valence-corrected chi connectivity index (χ4v) is 1.48. The van der Waals surface area contributed by atoms with Gasteiger partial charge in [0.15, 0.2) is 0 Å². The van der Waals surface area contributed by atoms with E-state index in [4.69, 9.17) is 4.74 Å². The van der Waals surface area contributed by atoms with Gasteiger partial charge >= 0.3 is 0 Å². The molecule has 0 spiro atoms. The van der Waals surface area contributed by atoms with E-state index in [1.165, 1.54) is 0 Å². The highest BCUT2D eigenvalue weighted by Gasteiger charge is 2.22. The van der Waals surface area contributed by atoms with Gasteiger partial charge < -0.3 is 14.5 Å². The average Bonchev–Trinajstić information content (AvgIpc) is 2.38. The molecule has 0 aromatic heterocycles. The predicted octanol–water partition coefficient (Wildman–Crippen LogP) is -0.286. The molecule has 0 saturated carbocycles. The van der Waals surface area contributed by atoms with E-state index >= 15 is 0 Å². The molecule has 1 aliphatic rings. The van der Waals surface area contributed by atoms with Crippen LogP contribution in [0.25, 0.3) is 0 Å². The van der Waals surface area contributed by atoms with Crippen LogP contribution >= 0.6 is 0 Å². The Hall–Kier alpha value is -1.10. The minimum Gasteiger partial charge on any atom is -0.372 e. The van der Waals surface area contributed by atoms with E-state index in [0.29, 0.717) is 13.2 Å². The summed E-state index contributed by atoms with van der Waals surface area (Å²) in [5.41, 5.74) is 0. The fraction of sp³-hybridized carbons (Fsp3) is 0.800. The summed E-state index contributed by atoms with van der Waals surface area (Å²) in [7, 11) is 1.76. The zero-order chi connectivity index (χ0) is 11.3. The molecule has 0 unspecified atom stereocenters. The van der Waals surface area contributed by atoms with Crippen LogP contribution in [0.3, 0.4) is 0 Å². The van der Waals surface area contributed by atoms with E-state index in [1.54, 1.807) is 16.8 Å². The summed E-state index contributed by atoms with van der Waals surface area (Å²) in [4.78, 5) is 26.3. The van der Waals surface area contributed by atoms with Gasteiger partial charge in [0.05, 0.1) is 6.54 Å². The molecule has 1 aliphatic heterocycles. The van der Waals surface area contributed by atoms with Gasteiger partial charge in [-0.25, -0.2) is 0 Å². The number of amides is 2. The van der Waals surface area contributed by atoms with Gasteiger partial charge in [-0.1, -0.05) is 0 Å². The molecule has 0 aliphatic carbocycles. The third-order valence-electron chi connectivity index (χ3n) is 2.46. The number of carbonyl (C=O) groups excluding carboxylic acids is 2. The molecular weight excluding hydrogens is 196 g/mol. The molecule has 1 heterocycles. The maximum absolute atomic E-state index is 11.6. The first-order valence-corrected chi connectivity index (χ1v) is 5.24. The molecule has 15 heavy (non-hydrogen) atoms. The minimum atomic E-state index is -0.0968. The second-order valence-electron chi connectivity index (χ2n) is 3.62. The number of carbonyl (C=O) groups is 2. The van der Waals surface area contributed by atoms with Crippen LogP contribution in [-0.2, 0) is 14.3 Å². The van der Waals surface area contributed by atoms with Crippen LogP contribution in [0.15, 0.2) is 0 Å². The maximum Gasteiger partial charge on any atom is 0.249 e. The standard InChI is InChI=1S/C10H18N2O3/c1-3-15-8-10(14)12-6-4-5-11(2)9(13)7-12/h3-8H2,1-2H3. The third-order valence-corrected chi connectivity index (χ3v) is 2.46. The Labute approximate surface area is 90.0 Å². The van der Waals surface area contributed by atoms with Crippen LogP contribution < -0.4 is 0 Å². The van der Waals surface area contributed by atoms with E-state index in [1.807, 2.05) is 6.92 Å². The molecule has 86 valence electrons. The van der Waals surface area contributed by atoms with Crippen LogP contribution in [0.1, 0.15) is 13.3 Å². The summed E-state index contributed by atoms with van der Waals surface area (Å²) in [6.07, 6.45) is 0.833. The summed E-state index contributed by atoms with van der Waals surface area (Å²) in [6.45, 7) is 3.98. The van der Waals surface area contributed by atoms with Crippen LogP contribution in [0.5, 0.6) is 0 Å². The molecule has 0 radical (unpaired) electrons. The van der Waals surface area contributed by atoms with Crippen molar-refractivity contribution in [2.24, 2.45) is 0 Å². The van der Waals surface area contributed by atoms with Gasteiger partial charge in [-0.15, -0.1) is 0 Å². The molecule has 2 amide bonds. The highest BCUT2D eigenvalue weighted by atomic mass is 16.5. The Bertz CT molecular complexity index is 243. The first-order chi connectivity index (χ1) is 7.15. The smallest absolute Gasteiger partial charge is 0.249 e. The van der Waals surface area contributed by atoms with E-state index in [9.17, 15) is 9.59 Å². The van der Waals surface area contributed by atoms with Crippen molar-refractivity contribution in [3.05, 3.63) is 0 Å². The van der Waals surface area contributed by atoms with Crippen molar-refractivity contribution in [1.29, 1.82) is 0 Å². The largest absolute Gasteiger partial charge is 0.372 e. The summed E-state index contributed by atoms with van der Waals surface area (Å²) in [6, 6.07) is 0. The average molecular weight is 214 g/mol. The van der Waals surface area contributed by atoms with E-state index in [0.717, 1.165) is 13.0 Å². The molecule has 0 aromatic rings. The van der Waals surface area contributed by atoms with Crippen LogP contribution in [0.2, 0.25) is 0 Å². The van der Waals surface area contributed by atoms with Gasteiger partial charge in [0.25, 0.3) is 0 Å². The van der Waals surface area contributed by atoms with Crippen molar-refractivity contribution in [3.8, 4) is 0 Å². The van der Waals surface area contributed by atoms with Gasteiger partial charge in [-0.2, -0.15) is 0 Å². The molecule has 1 fully saturated rings. The number of ether oxygens (including phenoxy) is 1. The van der Waals surface area contributed by atoms with Gasteiger partial charge in [0.2, 0.25) is 11.8 Å². The van der Waals surface area contributed by atoms with Crippen LogP contribution in [0, 0.1) is 0 Å². The summed E-state index contributed by atoms with van der Waals surface area (Å²) in [5.74, 6) is -0.0992. The van der Waals surface area contributed by atoms with Gasteiger partial charge in [0.1, 0.15) is 6.61 Å². The summed E-state index contributed by atoms with van der Waals surface area (Å²) in [5, 5.41) is 0. The number of hydrogen-bond acceptors (Lipinski definition) is 3. The number of hydrogen-bond donors (Lipinski definition) is 0. The lowest BCUT2D eigenvalue weighted by molar-refractivity contribution is -0.141. The van der Waals surface area contributed by atoms with Crippen molar-refractivity contribution in [2.45, 2.75) is 13.3 Å².